The fourth-order valence-electron chi connectivity index (χ4n) is 0.868. The molecule has 0 bridgehead atoms. The molecule has 64 valence electrons. The fraction of sp³-hybridized carbons (Fsp3) is 0.250. The molecule has 0 aliphatic heterocycles. The van der Waals surface area contributed by atoms with Gasteiger partial charge in [-0.2, -0.15) is 4.98 Å². The molecule has 0 atom stereocenters. The van der Waals surface area contributed by atoms with E-state index in [-0.39, 0.29) is 11.6 Å². The maximum absolute atomic E-state index is 10.9. The van der Waals surface area contributed by atoms with Crippen LogP contribution in [0.25, 0.3) is 0 Å². The number of hydrogen-bond donors (Lipinski definition) is 1. The highest BCUT2D eigenvalue weighted by molar-refractivity contribution is 5.98. The summed E-state index contributed by atoms with van der Waals surface area (Å²) in [7, 11) is 1.50. The topological polar surface area (TPSA) is 65.2 Å². The summed E-state index contributed by atoms with van der Waals surface area (Å²) < 4.78 is 4.83. The summed E-state index contributed by atoms with van der Waals surface area (Å²) >= 11 is 0. The van der Waals surface area contributed by atoms with Crippen LogP contribution in [0.1, 0.15) is 17.3 Å². The molecule has 0 aromatic carbocycles. The van der Waals surface area contributed by atoms with Gasteiger partial charge in [0.2, 0.25) is 5.88 Å². The molecule has 4 heteroatoms. The lowest BCUT2D eigenvalue weighted by molar-refractivity contribution is 0.101. The average molecular weight is 166 g/mol. The van der Waals surface area contributed by atoms with E-state index in [0.717, 1.165) is 0 Å². The maximum Gasteiger partial charge on any atom is 0.214 e. The lowest BCUT2D eigenvalue weighted by Crippen LogP contribution is -2.02. The molecule has 2 N–H and O–H groups in total. The highest BCUT2D eigenvalue weighted by atomic mass is 16.5. The molecule has 1 aromatic heterocycles. The van der Waals surface area contributed by atoms with Crippen LogP contribution in [0, 0.1) is 0 Å². The Morgan fingerprint density at radius 1 is 1.58 bits per heavy atom. The zero-order valence-electron chi connectivity index (χ0n) is 7.00. The zero-order valence-corrected chi connectivity index (χ0v) is 7.00. The predicted octanol–water partition coefficient (Wildman–Crippen LogP) is 0.875. The van der Waals surface area contributed by atoms with Crippen molar-refractivity contribution >= 4 is 11.6 Å². The van der Waals surface area contributed by atoms with Gasteiger partial charge in [0.25, 0.3) is 0 Å². The smallest absolute Gasteiger partial charge is 0.214 e. The van der Waals surface area contributed by atoms with Crippen molar-refractivity contribution in [3.05, 3.63) is 17.7 Å². The van der Waals surface area contributed by atoms with E-state index in [1.165, 1.54) is 14.0 Å². The van der Waals surface area contributed by atoms with Gasteiger partial charge < -0.3 is 10.5 Å². The lowest BCUT2D eigenvalue weighted by Gasteiger charge is -2.02. The number of Topliss-reactive ketones (excluding diaryl/α,β-unsaturated/α-hetero) is 1. The molecule has 12 heavy (non-hydrogen) atoms. The van der Waals surface area contributed by atoms with Crippen LogP contribution in [0.5, 0.6) is 5.88 Å². The molecule has 0 amide bonds. The Morgan fingerprint density at radius 2 is 2.25 bits per heavy atom. The van der Waals surface area contributed by atoms with E-state index in [9.17, 15) is 4.79 Å². The molecule has 0 saturated carbocycles. The number of aromatic nitrogens is 1. The number of carbonyl (C=O) groups is 1. The van der Waals surface area contributed by atoms with Crippen molar-refractivity contribution < 1.29 is 9.53 Å². The Labute approximate surface area is 70.4 Å². The average Bonchev–Trinajstić information content (AvgIpc) is 2.03. The van der Waals surface area contributed by atoms with Gasteiger partial charge in [-0.25, -0.2) is 0 Å². The number of nitrogens with zero attached hydrogens (tertiary/aromatic N) is 1. The van der Waals surface area contributed by atoms with Crippen molar-refractivity contribution in [2.24, 2.45) is 0 Å². The van der Waals surface area contributed by atoms with Crippen LogP contribution in [0.2, 0.25) is 0 Å². The third kappa shape index (κ3) is 1.53. The quantitative estimate of drug-likeness (QED) is 0.662. The van der Waals surface area contributed by atoms with Gasteiger partial charge in [0, 0.05) is 6.07 Å². The number of anilines is 1. The fourth-order valence-corrected chi connectivity index (χ4v) is 0.868. The molecule has 0 fully saturated rings. The number of ether oxygens (including phenoxy) is 1. The summed E-state index contributed by atoms with van der Waals surface area (Å²) in [6.07, 6.45) is 0. The highest BCUT2D eigenvalue weighted by Gasteiger charge is 2.06. The third-order valence-corrected chi connectivity index (χ3v) is 1.49. The second-order valence-electron chi connectivity index (χ2n) is 2.34. The second kappa shape index (κ2) is 3.21. The molecular formula is C8H10N2O2. The van der Waals surface area contributed by atoms with E-state index in [2.05, 4.69) is 4.98 Å². The Hall–Kier alpha value is -1.58. The van der Waals surface area contributed by atoms with Crippen molar-refractivity contribution in [3.8, 4) is 5.88 Å². The Bertz CT molecular complexity index is 310. The van der Waals surface area contributed by atoms with Crippen molar-refractivity contribution in [2.75, 3.05) is 12.8 Å². The van der Waals surface area contributed by atoms with Gasteiger partial charge in [0.05, 0.1) is 12.7 Å². The third-order valence-electron chi connectivity index (χ3n) is 1.49. The van der Waals surface area contributed by atoms with E-state index in [4.69, 9.17) is 10.5 Å². The van der Waals surface area contributed by atoms with Crippen LogP contribution in [0.3, 0.4) is 0 Å². The SMILES string of the molecule is COc1ccc(C(C)=O)c(N)n1. The Morgan fingerprint density at radius 3 is 2.67 bits per heavy atom. The summed E-state index contributed by atoms with van der Waals surface area (Å²) in [5, 5.41) is 0. The van der Waals surface area contributed by atoms with Gasteiger partial charge in [-0.15, -0.1) is 0 Å². The van der Waals surface area contributed by atoms with Crippen molar-refractivity contribution in [1.82, 2.24) is 4.98 Å². The van der Waals surface area contributed by atoms with Crippen molar-refractivity contribution in [2.45, 2.75) is 6.92 Å². The lowest BCUT2D eigenvalue weighted by atomic mass is 10.2. The number of hydrogen-bond acceptors (Lipinski definition) is 4. The van der Waals surface area contributed by atoms with E-state index < -0.39 is 0 Å². The van der Waals surface area contributed by atoms with E-state index >= 15 is 0 Å². The number of nitrogens with two attached hydrogens (primary N) is 1. The summed E-state index contributed by atoms with van der Waals surface area (Å²) in [6.45, 7) is 1.44. The Balaban J connectivity index is 3.12. The summed E-state index contributed by atoms with van der Waals surface area (Å²) in [4.78, 5) is 14.8. The number of rotatable bonds is 2. The van der Waals surface area contributed by atoms with Gasteiger partial charge >= 0.3 is 0 Å². The first-order valence-electron chi connectivity index (χ1n) is 3.46. The van der Waals surface area contributed by atoms with Gasteiger partial charge in [-0.3, -0.25) is 4.79 Å². The second-order valence-corrected chi connectivity index (χ2v) is 2.34. The molecule has 0 radical (unpaired) electrons. The van der Waals surface area contributed by atoms with E-state index in [1.54, 1.807) is 12.1 Å². The number of ketones is 1. The number of methoxy groups -OCH3 is 1. The van der Waals surface area contributed by atoms with Gasteiger partial charge in [-0.05, 0) is 13.0 Å². The van der Waals surface area contributed by atoms with Crippen LogP contribution >= 0.6 is 0 Å². The minimum Gasteiger partial charge on any atom is -0.481 e. The first-order valence-corrected chi connectivity index (χ1v) is 3.46. The van der Waals surface area contributed by atoms with Gasteiger partial charge in [0.15, 0.2) is 5.78 Å². The zero-order chi connectivity index (χ0) is 9.14. The first kappa shape index (κ1) is 8.52. The van der Waals surface area contributed by atoms with E-state index in [1.807, 2.05) is 0 Å². The maximum atomic E-state index is 10.9. The van der Waals surface area contributed by atoms with Crippen LogP contribution in [0.15, 0.2) is 12.1 Å². The molecule has 0 unspecified atom stereocenters. The molecular weight excluding hydrogens is 156 g/mol. The van der Waals surface area contributed by atoms with Crippen LogP contribution in [0.4, 0.5) is 5.82 Å². The highest BCUT2D eigenvalue weighted by Crippen LogP contribution is 2.14. The molecule has 0 spiro atoms. The normalized spacial score (nSPS) is 9.50. The summed E-state index contributed by atoms with van der Waals surface area (Å²) in [6, 6.07) is 3.20. The first-order chi connectivity index (χ1) is 5.65. The molecule has 0 aliphatic carbocycles. The molecule has 1 rings (SSSR count). The van der Waals surface area contributed by atoms with E-state index in [0.29, 0.717) is 11.4 Å². The minimum absolute atomic E-state index is 0.0948. The summed E-state index contributed by atoms with van der Waals surface area (Å²) in [5.74, 6) is 0.530. The number of nitrogen functional groups attached to an aromatic ring is 1. The largest absolute Gasteiger partial charge is 0.481 e. The Kier molecular flexibility index (Phi) is 2.28. The molecule has 4 nitrogen and oxygen atoms in total. The monoisotopic (exact) mass is 166 g/mol. The number of pyridine rings is 1. The van der Waals surface area contributed by atoms with Gasteiger partial charge in [0.1, 0.15) is 5.82 Å². The molecule has 0 saturated heterocycles. The van der Waals surface area contributed by atoms with Gasteiger partial charge in [-0.1, -0.05) is 0 Å². The van der Waals surface area contributed by atoms with Crippen LogP contribution < -0.4 is 10.5 Å². The molecule has 0 aliphatic rings. The molecule has 1 heterocycles. The van der Waals surface area contributed by atoms with Crippen molar-refractivity contribution in [1.29, 1.82) is 0 Å². The van der Waals surface area contributed by atoms with Crippen LogP contribution in [-0.2, 0) is 0 Å². The molecule has 1 aromatic rings. The predicted molar refractivity (Wildman–Crippen MR) is 45.2 cm³/mol. The van der Waals surface area contributed by atoms with Crippen LogP contribution in [-0.4, -0.2) is 17.9 Å². The standard InChI is InChI=1S/C8H10N2O2/c1-5(11)6-3-4-7(12-2)10-8(6)9/h3-4H,1-2H3,(H2,9,10). The summed E-state index contributed by atoms with van der Waals surface area (Å²) in [5.41, 5.74) is 5.91. The van der Waals surface area contributed by atoms with Crippen molar-refractivity contribution in [3.63, 3.8) is 0 Å². The minimum atomic E-state index is -0.0948. The number of carbonyl (C=O) groups excluding carboxylic acids is 1.